The molecular formula is C19H25NO2. The fourth-order valence-electron chi connectivity index (χ4n) is 5.04. The lowest BCUT2D eigenvalue weighted by Crippen LogP contribution is -2.53. The smallest absolute Gasteiger partial charge is 0.232 e. The molecule has 1 aromatic rings. The fourth-order valence-corrected chi connectivity index (χ4v) is 5.04. The summed E-state index contributed by atoms with van der Waals surface area (Å²) in [5.41, 5.74) is 3.80. The van der Waals surface area contributed by atoms with Gasteiger partial charge in [-0.3, -0.25) is 4.79 Å². The van der Waals surface area contributed by atoms with Crippen LogP contribution in [0.3, 0.4) is 0 Å². The molecule has 1 saturated carbocycles. The van der Waals surface area contributed by atoms with Crippen LogP contribution in [0, 0.1) is 0 Å². The maximum Gasteiger partial charge on any atom is 0.232 e. The quantitative estimate of drug-likeness (QED) is 0.778. The lowest BCUT2D eigenvalue weighted by atomic mass is 9.74. The number of carbonyl (C=O) groups excluding carboxylic acids is 1. The van der Waals surface area contributed by atoms with E-state index in [9.17, 15) is 4.79 Å². The minimum Gasteiger partial charge on any atom is -0.497 e. The number of rotatable bonds is 1. The van der Waals surface area contributed by atoms with Gasteiger partial charge in [0.25, 0.3) is 0 Å². The Morgan fingerprint density at radius 1 is 1.18 bits per heavy atom. The SMILES string of the molecule is COc1cc2c3c(c1)C(C)CC1(CCCCCC1)N3C(=O)C2. The summed E-state index contributed by atoms with van der Waals surface area (Å²) in [6.07, 6.45) is 9.17. The van der Waals surface area contributed by atoms with Crippen LogP contribution in [0.5, 0.6) is 5.75 Å². The Bertz CT molecular complexity index is 614. The van der Waals surface area contributed by atoms with E-state index in [2.05, 4.69) is 24.0 Å². The zero-order valence-electron chi connectivity index (χ0n) is 13.7. The number of hydrogen-bond acceptors (Lipinski definition) is 2. The lowest BCUT2D eigenvalue weighted by molar-refractivity contribution is -0.118. The molecule has 4 rings (SSSR count). The number of hydrogen-bond donors (Lipinski definition) is 0. The van der Waals surface area contributed by atoms with E-state index >= 15 is 0 Å². The van der Waals surface area contributed by atoms with Crippen molar-refractivity contribution in [2.45, 2.75) is 69.7 Å². The van der Waals surface area contributed by atoms with Crippen LogP contribution in [0.4, 0.5) is 5.69 Å². The van der Waals surface area contributed by atoms with Crippen molar-refractivity contribution >= 4 is 11.6 Å². The number of anilines is 1. The normalized spacial score (nSPS) is 26.0. The summed E-state index contributed by atoms with van der Waals surface area (Å²) in [6, 6.07) is 4.22. The van der Waals surface area contributed by atoms with Crippen LogP contribution in [0.15, 0.2) is 12.1 Å². The predicted octanol–water partition coefficient (Wildman–Crippen LogP) is 4.18. The average molecular weight is 299 g/mol. The van der Waals surface area contributed by atoms with Crippen molar-refractivity contribution in [2.75, 3.05) is 12.0 Å². The molecule has 0 aromatic heterocycles. The Kier molecular flexibility index (Phi) is 3.21. The van der Waals surface area contributed by atoms with Gasteiger partial charge in [0, 0.05) is 5.54 Å². The van der Waals surface area contributed by atoms with Crippen LogP contribution in [0.2, 0.25) is 0 Å². The Balaban J connectivity index is 1.87. The number of nitrogens with zero attached hydrogens (tertiary/aromatic N) is 1. The summed E-state index contributed by atoms with van der Waals surface area (Å²) in [6.45, 7) is 2.32. The third kappa shape index (κ3) is 1.90. The summed E-state index contributed by atoms with van der Waals surface area (Å²) in [7, 11) is 1.71. The van der Waals surface area contributed by atoms with Crippen LogP contribution in [-0.2, 0) is 11.2 Å². The van der Waals surface area contributed by atoms with Gasteiger partial charge in [0.15, 0.2) is 0 Å². The van der Waals surface area contributed by atoms with E-state index in [0.29, 0.717) is 18.2 Å². The molecule has 1 amide bonds. The molecule has 22 heavy (non-hydrogen) atoms. The number of ether oxygens (including phenoxy) is 1. The molecule has 1 atom stereocenters. The van der Waals surface area contributed by atoms with Gasteiger partial charge in [-0.05, 0) is 48.4 Å². The molecule has 0 radical (unpaired) electrons. The van der Waals surface area contributed by atoms with Crippen molar-refractivity contribution in [1.82, 2.24) is 0 Å². The van der Waals surface area contributed by atoms with Gasteiger partial charge in [-0.15, -0.1) is 0 Å². The van der Waals surface area contributed by atoms with Crippen molar-refractivity contribution in [1.29, 1.82) is 0 Å². The zero-order valence-corrected chi connectivity index (χ0v) is 13.7. The molecule has 1 unspecified atom stereocenters. The van der Waals surface area contributed by atoms with Gasteiger partial charge in [-0.25, -0.2) is 0 Å². The highest BCUT2D eigenvalue weighted by atomic mass is 16.5. The molecule has 2 heterocycles. The third-order valence-electron chi connectivity index (χ3n) is 5.97. The van der Waals surface area contributed by atoms with Gasteiger partial charge in [0.05, 0.1) is 19.2 Å². The Morgan fingerprint density at radius 3 is 2.59 bits per heavy atom. The minimum atomic E-state index is 0.0832. The molecule has 3 nitrogen and oxygen atoms in total. The molecule has 0 N–H and O–H groups in total. The van der Waals surface area contributed by atoms with Gasteiger partial charge < -0.3 is 9.64 Å². The number of amides is 1. The molecule has 1 aliphatic carbocycles. The van der Waals surface area contributed by atoms with Gasteiger partial charge >= 0.3 is 0 Å². The van der Waals surface area contributed by atoms with Gasteiger partial charge in [0.2, 0.25) is 5.91 Å². The molecule has 3 aliphatic rings. The topological polar surface area (TPSA) is 29.5 Å². The van der Waals surface area contributed by atoms with Crippen LogP contribution in [0.25, 0.3) is 0 Å². The molecule has 1 fully saturated rings. The highest BCUT2D eigenvalue weighted by Crippen LogP contribution is 2.53. The second-order valence-electron chi connectivity index (χ2n) is 7.37. The van der Waals surface area contributed by atoms with Crippen molar-refractivity contribution in [2.24, 2.45) is 0 Å². The van der Waals surface area contributed by atoms with E-state index in [1.54, 1.807) is 7.11 Å². The van der Waals surface area contributed by atoms with Gasteiger partial charge in [-0.1, -0.05) is 32.6 Å². The number of fused-ring (bicyclic) bond motifs is 1. The first-order valence-electron chi connectivity index (χ1n) is 8.68. The first-order valence-corrected chi connectivity index (χ1v) is 8.68. The third-order valence-corrected chi connectivity index (χ3v) is 5.97. The van der Waals surface area contributed by atoms with E-state index in [1.807, 2.05) is 0 Å². The largest absolute Gasteiger partial charge is 0.497 e. The van der Waals surface area contributed by atoms with Crippen molar-refractivity contribution in [3.63, 3.8) is 0 Å². The first kappa shape index (κ1) is 14.1. The maximum absolute atomic E-state index is 12.8. The number of methoxy groups -OCH3 is 1. The van der Waals surface area contributed by atoms with E-state index in [-0.39, 0.29) is 5.54 Å². The summed E-state index contributed by atoms with van der Waals surface area (Å²) < 4.78 is 5.45. The van der Waals surface area contributed by atoms with Crippen LogP contribution >= 0.6 is 0 Å². The second-order valence-corrected chi connectivity index (χ2v) is 7.37. The fraction of sp³-hybridized carbons (Fsp3) is 0.632. The monoisotopic (exact) mass is 299 g/mol. The molecule has 1 aromatic carbocycles. The van der Waals surface area contributed by atoms with Crippen molar-refractivity contribution < 1.29 is 9.53 Å². The number of benzene rings is 1. The highest BCUT2D eigenvalue weighted by molar-refractivity contribution is 6.04. The molecular weight excluding hydrogens is 274 g/mol. The predicted molar refractivity (Wildman–Crippen MR) is 87.6 cm³/mol. The summed E-state index contributed by atoms with van der Waals surface area (Å²) >= 11 is 0. The average Bonchev–Trinajstić information content (AvgIpc) is 2.68. The second kappa shape index (κ2) is 5.00. The Morgan fingerprint density at radius 2 is 1.91 bits per heavy atom. The molecule has 118 valence electrons. The standard InChI is InChI=1S/C19H25NO2/c1-13-12-19(7-5-3-4-6-8-19)20-17(21)10-14-9-15(22-2)11-16(13)18(14)20/h9,11,13H,3-8,10,12H2,1-2H3. The lowest BCUT2D eigenvalue weighted by Gasteiger charge is -2.48. The van der Waals surface area contributed by atoms with Crippen LogP contribution < -0.4 is 9.64 Å². The van der Waals surface area contributed by atoms with Crippen molar-refractivity contribution in [3.05, 3.63) is 23.3 Å². The van der Waals surface area contributed by atoms with Crippen molar-refractivity contribution in [3.8, 4) is 5.75 Å². The molecule has 0 saturated heterocycles. The van der Waals surface area contributed by atoms with E-state index in [1.165, 1.54) is 55.3 Å². The number of carbonyl (C=O) groups is 1. The van der Waals surface area contributed by atoms with E-state index in [0.717, 1.165) is 12.2 Å². The zero-order chi connectivity index (χ0) is 15.3. The summed E-state index contributed by atoms with van der Waals surface area (Å²) in [5, 5.41) is 0. The van der Waals surface area contributed by atoms with E-state index in [4.69, 9.17) is 4.74 Å². The summed E-state index contributed by atoms with van der Waals surface area (Å²) in [5.74, 6) is 1.70. The summed E-state index contributed by atoms with van der Waals surface area (Å²) in [4.78, 5) is 15.0. The molecule has 3 heteroatoms. The van der Waals surface area contributed by atoms with Crippen LogP contribution in [-0.4, -0.2) is 18.6 Å². The van der Waals surface area contributed by atoms with Crippen LogP contribution in [0.1, 0.15) is 68.9 Å². The molecule has 1 spiro atoms. The first-order chi connectivity index (χ1) is 10.6. The van der Waals surface area contributed by atoms with Gasteiger partial charge in [0.1, 0.15) is 5.75 Å². The van der Waals surface area contributed by atoms with E-state index < -0.39 is 0 Å². The van der Waals surface area contributed by atoms with Gasteiger partial charge in [-0.2, -0.15) is 0 Å². The Hall–Kier alpha value is -1.51. The molecule has 2 aliphatic heterocycles. The Labute approximate surface area is 132 Å². The maximum atomic E-state index is 12.8. The minimum absolute atomic E-state index is 0.0832. The molecule has 0 bridgehead atoms. The highest BCUT2D eigenvalue weighted by Gasteiger charge is 2.49.